The number of phenolic OH excluding ortho intramolecular Hbond substituents is 2. The van der Waals surface area contributed by atoms with E-state index in [4.69, 9.17) is 0 Å². The molecule has 3 rings (SSSR count). The first-order valence-corrected chi connectivity index (χ1v) is 6.08. The minimum atomic E-state index is -0.00557. The minimum Gasteiger partial charge on any atom is -0.508 e. The number of thiophene rings is 1. The Balaban J connectivity index is 2.03. The molecule has 0 saturated heterocycles. The van der Waals surface area contributed by atoms with Crippen LogP contribution in [0.3, 0.4) is 0 Å². The summed E-state index contributed by atoms with van der Waals surface area (Å²) in [5, 5.41) is 23.8. The molecule has 0 radical (unpaired) electrons. The first-order chi connectivity index (χ1) is 8.72. The monoisotopic (exact) mass is 259 g/mol. The lowest BCUT2D eigenvalue weighted by molar-refractivity contribution is 0.451. The third-order valence-corrected chi connectivity index (χ3v) is 3.32. The van der Waals surface area contributed by atoms with Crippen molar-refractivity contribution in [3.63, 3.8) is 0 Å². The maximum absolute atomic E-state index is 9.42. The van der Waals surface area contributed by atoms with E-state index in [-0.39, 0.29) is 11.5 Å². The molecule has 2 aromatic heterocycles. The molecule has 3 aromatic rings. The summed E-state index contributed by atoms with van der Waals surface area (Å²) < 4.78 is 0.931. The van der Waals surface area contributed by atoms with Crippen molar-refractivity contribution in [3.05, 3.63) is 36.0 Å². The lowest BCUT2D eigenvalue weighted by Crippen LogP contribution is -1.94. The number of fused-ring (bicyclic) bond motifs is 1. The molecule has 0 aliphatic carbocycles. The molecule has 1 aromatic carbocycles. The zero-order valence-corrected chi connectivity index (χ0v) is 9.98. The van der Waals surface area contributed by atoms with E-state index in [1.807, 2.05) is 11.4 Å². The summed E-state index contributed by atoms with van der Waals surface area (Å²) in [6.07, 6.45) is 1.47. The maximum Gasteiger partial charge on any atom is 0.151 e. The predicted molar refractivity (Wildman–Crippen MR) is 70.5 cm³/mol. The van der Waals surface area contributed by atoms with Crippen LogP contribution in [0.5, 0.6) is 11.5 Å². The fraction of sp³-hybridized carbons (Fsp3) is 0. The quantitative estimate of drug-likeness (QED) is 0.659. The van der Waals surface area contributed by atoms with Crippen LogP contribution in [-0.4, -0.2) is 20.2 Å². The third kappa shape index (κ3) is 1.93. The van der Waals surface area contributed by atoms with Crippen molar-refractivity contribution in [1.29, 1.82) is 0 Å². The summed E-state index contributed by atoms with van der Waals surface area (Å²) in [4.78, 5) is 8.30. The Morgan fingerprint density at radius 2 is 1.83 bits per heavy atom. The summed E-state index contributed by atoms with van der Waals surface area (Å²) in [5.74, 6) is 0.642. The first-order valence-electron chi connectivity index (χ1n) is 5.20. The Labute approximate surface area is 106 Å². The van der Waals surface area contributed by atoms with Crippen molar-refractivity contribution in [2.75, 3.05) is 5.32 Å². The molecular formula is C12H9N3O2S. The van der Waals surface area contributed by atoms with Gasteiger partial charge in [-0.25, -0.2) is 9.97 Å². The second-order valence-electron chi connectivity index (χ2n) is 3.72. The molecule has 0 unspecified atom stereocenters. The number of aromatic nitrogens is 2. The molecular weight excluding hydrogens is 250 g/mol. The maximum atomic E-state index is 9.42. The minimum absolute atomic E-state index is 0.00557. The van der Waals surface area contributed by atoms with Gasteiger partial charge in [0.05, 0.1) is 10.2 Å². The number of aromatic hydroxyl groups is 2. The average molecular weight is 259 g/mol. The van der Waals surface area contributed by atoms with Crippen molar-refractivity contribution in [3.8, 4) is 11.5 Å². The number of anilines is 2. The molecule has 2 heterocycles. The Hall–Kier alpha value is -2.34. The van der Waals surface area contributed by atoms with Gasteiger partial charge in [-0.2, -0.15) is 0 Å². The lowest BCUT2D eigenvalue weighted by Gasteiger charge is -2.07. The van der Waals surface area contributed by atoms with Crippen LogP contribution >= 0.6 is 11.3 Å². The van der Waals surface area contributed by atoms with Crippen LogP contribution in [-0.2, 0) is 0 Å². The van der Waals surface area contributed by atoms with Crippen molar-refractivity contribution in [2.45, 2.75) is 0 Å². The molecule has 0 amide bonds. The average Bonchev–Trinajstić information content (AvgIpc) is 2.76. The molecule has 5 nitrogen and oxygen atoms in total. The normalized spacial score (nSPS) is 10.7. The smallest absolute Gasteiger partial charge is 0.151 e. The summed E-state index contributed by atoms with van der Waals surface area (Å²) in [5.41, 5.74) is 1.43. The van der Waals surface area contributed by atoms with Crippen LogP contribution in [0, 0.1) is 0 Å². The van der Waals surface area contributed by atoms with E-state index in [2.05, 4.69) is 15.3 Å². The van der Waals surface area contributed by atoms with Gasteiger partial charge >= 0.3 is 0 Å². The highest BCUT2D eigenvalue weighted by atomic mass is 32.1. The van der Waals surface area contributed by atoms with Gasteiger partial charge in [-0.05, 0) is 11.4 Å². The summed E-state index contributed by atoms with van der Waals surface area (Å²) in [6.45, 7) is 0. The Morgan fingerprint density at radius 3 is 2.61 bits per heavy atom. The van der Waals surface area contributed by atoms with Gasteiger partial charge in [0.25, 0.3) is 0 Å². The van der Waals surface area contributed by atoms with Gasteiger partial charge in [0, 0.05) is 23.9 Å². The lowest BCUT2D eigenvalue weighted by atomic mass is 10.3. The molecule has 0 bridgehead atoms. The molecule has 0 fully saturated rings. The van der Waals surface area contributed by atoms with Crippen LogP contribution in [0.25, 0.3) is 10.2 Å². The van der Waals surface area contributed by atoms with Crippen LogP contribution in [0.2, 0.25) is 0 Å². The standard InChI is InChI=1S/C12H9N3O2S/c16-8-3-7(4-9(17)5-8)15-12-11-10(1-2-18-11)13-6-14-12/h1-6,16-17H,(H,13,14,15). The van der Waals surface area contributed by atoms with Gasteiger partial charge in [-0.15, -0.1) is 11.3 Å². The summed E-state index contributed by atoms with van der Waals surface area (Å²) in [7, 11) is 0. The molecule has 0 saturated carbocycles. The van der Waals surface area contributed by atoms with Gasteiger partial charge in [0.15, 0.2) is 5.82 Å². The second-order valence-corrected chi connectivity index (χ2v) is 4.64. The summed E-state index contributed by atoms with van der Waals surface area (Å²) in [6, 6.07) is 6.21. The number of phenols is 2. The number of rotatable bonds is 2. The number of hydrogen-bond acceptors (Lipinski definition) is 6. The molecule has 3 N–H and O–H groups in total. The number of hydrogen-bond donors (Lipinski definition) is 3. The van der Waals surface area contributed by atoms with E-state index in [9.17, 15) is 10.2 Å². The van der Waals surface area contributed by atoms with E-state index in [1.165, 1.54) is 35.9 Å². The van der Waals surface area contributed by atoms with Crippen molar-refractivity contribution in [1.82, 2.24) is 9.97 Å². The zero-order chi connectivity index (χ0) is 12.5. The second kappa shape index (κ2) is 4.15. The predicted octanol–water partition coefficient (Wildman–Crippen LogP) is 2.85. The van der Waals surface area contributed by atoms with Gasteiger partial charge < -0.3 is 15.5 Å². The van der Waals surface area contributed by atoms with Crippen LogP contribution in [0.1, 0.15) is 0 Å². The van der Waals surface area contributed by atoms with E-state index in [1.54, 1.807) is 0 Å². The van der Waals surface area contributed by atoms with Crippen LogP contribution in [0.15, 0.2) is 36.0 Å². The largest absolute Gasteiger partial charge is 0.508 e. The molecule has 0 aliphatic heterocycles. The Kier molecular flexibility index (Phi) is 2.49. The molecule has 90 valence electrons. The molecule has 0 atom stereocenters. The van der Waals surface area contributed by atoms with E-state index >= 15 is 0 Å². The van der Waals surface area contributed by atoms with E-state index < -0.39 is 0 Å². The number of nitrogens with zero attached hydrogens (tertiary/aromatic N) is 2. The van der Waals surface area contributed by atoms with Crippen LogP contribution < -0.4 is 5.32 Å². The third-order valence-electron chi connectivity index (χ3n) is 2.41. The fourth-order valence-corrected chi connectivity index (χ4v) is 2.47. The van der Waals surface area contributed by atoms with E-state index in [0.29, 0.717) is 11.5 Å². The highest BCUT2D eigenvalue weighted by Crippen LogP contribution is 2.30. The molecule has 0 aliphatic rings. The first kappa shape index (κ1) is 10.8. The Bertz CT molecular complexity index is 691. The van der Waals surface area contributed by atoms with Crippen LogP contribution in [0.4, 0.5) is 11.5 Å². The number of benzene rings is 1. The van der Waals surface area contributed by atoms with Gasteiger partial charge in [0.1, 0.15) is 17.8 Å². The molecule has 18 heavy (non-hydrogen) atoms. The summed E-state index contributed by atoms with van der Waals surface area (Å²) >= 11 is 1.53. The fourth-order valence-electron chi connectivity index (χ4n) is 1.68. The molecule has 0 spiro atoms. The van der Waals surface area contributed by atoms with E-state index in [0.717, 1.165) is 10.2 Å². The van der Waals surface area contributed by atoms with Gasteiger partial charge in [0.2, 0.25) is 0 Å². The zero-order valence-electron chi connectivity index (χ0n) is 9.16. The van der Waals surface area contributed by atoms with Gasteiger partial charge in [-0.3, -0.25) is 0 Å². The van der Waals surface area contributed by atoms with Crippen molar-refractivity contribution in [2.24, 2.45) is 0 Å². The SMILES string of the molecule is Oc1cc(O)cc(Nc2ncnc3ccsc23)c1. The molecule has 6 heteroatoms. The van der Waals surface area contributed by atoms with Crippen molar-refractivity contribution < 1.29 is 10.2 Å². The Morgan fingerprint density at radius 1 is 1.06 bits per heavy atom. The van der Waals surface area contributed by atoms with Crippen molar-refractivity contribution >= 4 is 33.1 Å². The van der Waals surface area contributed by atoms with Gasteiger partial charge in [-0.1, -0.05) is 0 Å². The topological polar surface area (TPSA) is 78.3 Å². The highest BCUT2D eigenvalue weighted by molar-refractivity contribution is 7.17. The highest BCUT2D eigenvalue weighted by Gasteiger charge is 2.06. The number of nitrogens with one attached hydrogen (secondary N) is 1.